The first-order chi connectivity index (χ1) is 17.1. The topological polar surface area (TPSA) is 87.6 Å². The second-order valence-corrected chi connectivity index (χ2v) is 13.4. The number of β-amino-alcohol motifs (C(OH)–C–C–N with tert-alkyl or cyclic N) is 1. The van der Waals surface area contributed by atoms with Crippen LogP contribution < -0.4 is 0 Å². The molecule has 2 aromatic rings. The molecule has 1 N–H and O–H groups in total. The summed E-state index contributed by atoms with van der Waals surface area (Å²) < 4.78 is 0. The van der Waals surface area contributed by atoms with Gasteiger partial charge in [-0.2, -0.15) is 0 Å². The summed E-state index contributed by atoms with van der Waals surface area (Å²) >= 11 is 1.63. The fourth-order valence-corrected chi connectivity index (χ4v) is 6.05. The van der Waals surface area contributed by atoms with Crippen LogP contribution in [0.15, 0.2) is 23.7 Å². The molecule has 6 nitrogen and oxygen atoms in total. The third-order valence-corrected chi connectivity index (χ3v) is 8.31. The highest BCUT2D eigenvalue weighted by Gasteiger charge is 2.43. The molecule has 3 atom stereocenters. The van der Waals surface area contributed by atoms with Gasteiger partial charge in [-0.15, -0.1) is 11.3 Å². The molecule has 1 aromatic heterocycles. The fourth-order valence-electron chi connectivity index (χ4n) is 5.25. The maximum absolute atomic E-state index is 13.5. The quantitative estimate of drug-likeness (QED) is 0.489. The third kappa shape index (κ3) is 6.94. The van der Waals surface area contributed by atoms with E-state index in [4.69, 9.17) is 0 Å². The molecule has 1 aliphatic heterocycles. The molecule has 1 amide bonds. The first-order valence-electron chi connectivity index (χ1n) is 13.1. The number of aliphatic hydroxyl groups is 1. The molecule has 1 saturated heterocycles. The van der Waals surface area contributed by atoms with Crippen LogP contribution in [-0.2, 0) is 26.2 Å². The van der Waals surface area contributed by atoms with Crippen LogP contribution in [0.3, 0.4) is 0 Å². The Morgan fingerprint density at radius 1 is 1.16 bits per heavy atom. The Morgan fingerprint density at radius 3 is 2.38 bits per heavy atom. The van der Waals surface area contributed by atoms with Crippen molar-refractivity contribution in [2.75, 3.05) is 6.54 Å². The number of rotatable bonds is 8. The van der Waals surface area contributed by atoms with Gasteiger partial charge in [0.15, 0.2) is 5.78 Å². The van der Waals surface area contributed by atoms with E-state index in [0.29, 0.717) is 6.42 Å². The van der Waals surface area contributed by atoms with Crippen LogP contribution >= 0.6 is 11.3 Å². The number of ketones is 2. The molecule has 0 radical (unpaired) electrons. The summed E-state index contributed by atoms with van der Waals surface area (Å²) in [5, 5.41) is 10.4. The van der Waals surface area contributed by atoms with E-state index < -0.39 is 23.5 Å². The second-order valence-electron chi connectivity index (χ2n) is 12.6. The maximum atomic E-state index is 13.5. The van der Waals surface area contributed by atoms with Crippen molar-refractivity contribution in [2.24, 2.45) is 11.3 Å². The maximum Gasteiger partial charge on any atom is 0.227 e. The van der Waals surface area contributed by atoms with Crippen LogP contribution in [-0.4, -0.2) is 51.2 Å². The zero-order valence-corrected chi connectivity index (χ0v) is 24.4. The predicted molar refractivity (Wildman–Crippen MR) is 149 cm³/mol. The van der Waals surface area contributed by atoms with E-state index >= 15 is 0 Å². The number of hydrogen-bond donors (Lipinski definition) is 1. The Kier molecular flexibility index (Phi) is 8.80. The number of aryl methyl sites for hydroxylation is 2. The zero-order chi connectivity index (χ0) is 27.7. The normalized spacial score (nSPS) is 19.2. The van der Waals surface area contributed by atoms with E-state index in [-0.39, 0.29) is 48.7 Å². The number of amides is 1. The van der Waals surface area contributed by atoms with Crippen molar-refractivity contribution in [1.29, 1.82) is 0 Å². The lowest BCUT2D eigenvalue weighted by Crippen LogP contribution is -2.47. The largest absolute Gasteiger partial charge is 0.391 e. The molecule has 7 heteroatoms. The van der Waals surface area contributed by atoms with Gasteiger partial charge in [0, 0.05) is 31.7 Å². The standard InChI is InChI=1S/C30H42N2O4S/c1-18(33)13-24(30(6,7)8)28(36)32-16-22(34)15-25(32)26(35)12-11-20-9-10-21(14-23(20)29(3,4)5)27-19(2)31-17-37-27/h9-10,14,17,22,24-25,34H,11-13,15-16H2,1-8H3. The van der Waals surface area contributed by atoms with Crippen LogP contribution in [0.25, 0.3) is 10.4 Å². The van der Waals surface area contributed by atoms with Crippen LogP contribution in [0.1, 0.15) is 84.5 Å². The molecule has 202 valence electrons. The van der Waals surface area contributed by atoms with Crippen molar-refractivity contribution in [2.45, 2.75) is 98.6 Å². The second kappa shape index (κ2) is 11.2. The summed E-state index contributed by atoms with van der Waals surface area (Å²) in [6, 6.07) is 5.76. The van der Waals surface area contributed by atoms with Crippen molar-refractivity contribution in [1.82, 2.24) is 9.88 Å². The zero-order valence-electron chi connectivity index (χ0n) is 23.6. The van der Waals surface area contributed by atoms with Gasteiger partial charge in [0.2, 0.25) is 5.91 Å². The van der Waals surface area contributed by atoms with E-state index in [2.05, 4.69) is 44.0 Å². The highest BCUT2D eigenvalue weighted by Crippen LogP contribution is 2.36. The molecule has 1 aromatic carbocycles. The van der Waals surface area contributed by atoms with Gasteiger partial charge in [-0.05, 0) is 53.9 Å². The lowest BCUT2D eigenvalue weighted by atomic mass is 9.77. The number of benzene rings is 1. The van der Waals surface area contributed by atoms with Crippen molar-refractivity contribution in [3.8, 4) is 10.4 Å². The summed E-state index contributed by atoms with van der Waals surface area (Å²) in [4.78, 5) is 46.0. The summed E-state index contributed by atoms with van der Waals surface area (Å²) in [7, 11) is 0. The highest BCUT2D eigenvalue weighted by atomic mass is 32.1. The minimum absolute atomic E-state index is 0.0392. The van der Waals surface area contributed by atoms with Crippen LogP contribution in [0.4, 0.5) is 0 Å². The Bertz CT molecular complexity index is 1160. The number of likely N-dealkylation sites (tertiary alicyclic amines) is 1. The van der Waals surface area contributed by atoms with Gasteiger partial charge in [0.05, 0.1) is 28.2 Å². The van der Waals surface area contributed by atoms with Gasteiger partial charge in [0.25, 0.3) is 0 Å². The van der Waals surface area contributed by atoms with Crippen LogP contribution in [0, 0.1) is 18.3 Å². The van der Waals surface area contributed by atoms with E-state index in [9.17, 15) is 19.5 Å². The fraction of sp³-hybridized carbons (Fsp3) is 0.600. The van der Waals surface area contributed by atoms with Gasteiger partial charge >= 0.3 is 0 Å². The smallest absolute Gasteiger partial charge is 0.227 e. The Balaban J connectivity index is 1.81. The highest BCUT2D eigenvalue weighted by molar-refractivity contribution is 7.13. The minimum Gasteiger partial charge on any atom is -0.391 e. The Hall–Kier alpha value is -2.38. The summed E-state index contributed by atoms with van der Waals surface area (Å²) in [6.07, 6.45) is 0.505. The molecule has 1 fully saturated rings. The lowest BCUT2D eigenvalue weighted by Gasteiger charge is -2.34. The molecule has 0 aliphatic carbocycles. The number of hydrogen-bond acceptors (Lipinski definition) is 6. The van der Waals surface area contributed by atoms with Gasteiger partial charge in [-0.3, -0.25) is 9.59 Å². The van der Waals surface area contributed by atoms with Gasteiger partial charge in [-0.1, -0.05) is 53.7 Å². The summed E-state index contributed by atoms with van der Waals surface area (Å²) in [5.74, 6) is -0.830. The molecule has 0 bridgehead atoms. The molecule has 3 rings (SSSR count). The van der Waals surface area contributed by atoms with Crippen LogP contribution in [0.2, 0.25) is 0 Å². The summed E-state index contributed by atoms with van der Waals surface area (Å²) in [6.45, 7) is 16.0. The number of thiazole rings is 1. The predicted octanol–water partition coefficient (Wildman–Crippen LogP) is 5.52. The molecule has 0 saturated carbocycles. The SMILES string of the molecule is CC(=O)CC(C(=O)N1CC(O)CC1C(=O)CCc1ccc(-c2scnc2C)cc1C(C)(C)C)C(C)(C)C. The van der Waals surface area contributed by atoms with Gasteiger partial charge < -0.3 is 14.8 Å². The molecule has 3 unspecified atom stereocenters. The number of carbonyl (C=O) groups is 3. The number of aromatic nitrogens is 1. The average molecular weight is 527 g/mol. The van der Waals surface area contributed by atoms with E-state index in [1.165, 1.54) is 17.4 Å². The van der Waals surface area contributed by atoms with Crippen LogP contribution in [0.5, 0.6) is 0 Å². The minimum atomic E-state index is -0.733. The first kappa shape index (κ1) is 29.2. The number of nitrogens with zero attached hydrogens (tertiary/aromatic N) is 2. The van der Waals surface area contributed by atoms with Crippen molar-refractivity contribution < 1.29 is 19.5 Å². The van der Waals surface area contributed by atoms with E-state index in [1.54, 1.807) is 11.3 Å². The number of aliphatic hydroxyl groups excluding tert-OH is 1. The Labute approximate surface area is 225 Å². The molecule has 0 spiro atoms. The molecular formula is C30H42N2O4S. The third-order valence-electron chi connectivity index (χ3n) is 7.34. The van der Waals surface area contributed by atoms with Crippen molar-refractivity contribution >= 4 is 28.8 Å². The lowest BCUT2D eigenvalue weighted by molar-refractivity contribution is -0.145. The van der Waals surface area contributed by atoms with Crippen molar-refractivity contribution in [3.63, 3.8) is 0 Å². The molecular weight excluding hydrogens is 484 g/mol. The van der Waals surface area contributed by atoms with Gasteiger partial charge in [0.1, 0.15) is 5.78 Å². The molecule has 37 heavy (non-hydrogen) atoms. The monoisotopic (exact) mass is 526 g/mol. The number of Topliss-reactive ketones (excluding diaryl/α,β-unsaturated/α-hetero) is 2. The van der Waals surface area contributed by atoms with Gasteiger partial charge in [-0.25, -0.2) is 4.98 Å². The molecule has 2 heterocycles. The average Bonchev–Trinajstić information content (AvgIpc) is 3.39. The molecule has 1 aliphatic rings. The van der Waals surface area contributed by atoms with E-state index in [0.717, 1.165) is 21.7 Å². The summed E-state index contributed by atoms with van der Waals surface area (Å²) in [5.41, 5.74) is 5.78. The first-order valence-corrected chi connectivity index (χ1v) is 14.0. The Morgan fingerprint density at radius 2 is 1.84 bits per heavy atom. The number of carbonyl (C=O) groups excluding carboxylic acids is 3. The van der Waals surface area contributed by atoms with Crippen molar-refractivity contribution in [3.05, 3.63) is 40.5 Å². The van der Waals surface area contributed by atoms with E-state index in [1.807, 2.05) is 33.2 Å².